The van der Waals surface area contributed by atoms with E-state index in [0.717, 1.165) is 24.3 Å². The van der Waals surface area contributed by atoms with Gasteiger partial charge < -0.3 is 9.88 Å². The Morgan fingerprint density at radius 3 is 2.37 bits per heavy atom. The maximum absolute atomic E-state index is 14.0. The molecule has 142 valence electrons. The van der Waals surface area contributed by atoms with E-state index in [1.54, 1.807) is 6.07 Å². The van der Waals surface area contributed by atoms with Gasteiger partial charge in [-0.05, 0) is 54.3 Å². The van der Waals surface area contributed by atoms with Gasteiger partial charge in [0.25, 0.3) is 5.56 Å². The number of nitrogens with zero attached hydrogens (tertiary/aromatic N) is 1. The molecule has 0 saturated heterocycles. The Bertz CT molecular complexity index is 1070. The fourth-order valence-corrected chi connectivity index (χ4v) is 2.99. The number of rotatable bonds is 3. The lowest BCUT2D eigenvalue weighted by Crippen LogP contribution is -2.18. The number of halogens is 5. The molecule has 0 aliphatic heterocycles. The summed E-state index contributed by atoms with van der Waals surface area (Å²) in [6, 6.07) is 5.36. The highest BCUT2D eigenvalue weighted by atomic mass is 19.4. The van der Waals surface area contributed by atoms with Crippen molar-refractivity contribution in [2.24, 2.45) is 7.05 Å². The maximum atomic E-state index is 14.0. The van der Waals surface area contributed by atoms with Crippen LogP contribution >= 0.6 is 0 Å². The SMILES string of the molecule is C[C@@H](Nc1ccc(F)cc1C(F)(F)F)c1cc(F)cc2c(=O)n(C)ccc12. The first-order valence-electron chi connectivity index (χ1n) is 8.00. The van der Waals surface area contributed by atoms with E-state index >= 15 is 0 Å². The monoisotopic (exact) mass is 382 g/mol. The zero-order chi connectivity index (χ0) is 19.9. The third-order valence-electron chi connectivity index (χ3n) is 4.32. The number of fused-ring (bicyclic) bond motifs is 1. The van der Waals surface area contributed by atoms with Crippen molar-refractivity contribution < 1.29 is 22.0 Å². The molecule has 1 N–H and O–H groups in total. The van der Waals surface area contributed by atoms with E-state index in [1.807, 2.05) is 0 Å². The third kappa shape index (κ3) is 3.65. The van der Waals surface area contributed by atoms with Crippen molar-refractivity contribution in [3.8, 4) is 0 Å². The highest BCUT2D eigenvalue weighted by Crippen LogP contribution is 2.37. The standard InChI is InChI=1S/C19H15F5N2O/c1-10(25-17-4-3-11(20)9-16(17)19(22,23)24)14-7-12(21)8-15-13(14)5-6-26(2)18(15)27/h3-10,25H,1-2H3/t10-/m1/s1. The van der Waals surface area contributed by atoms with E-state index in [0.29, 0.717) is 17.0 Å². The van der Waals surface area contributed by atoms with Crippen LogP contribution in [0.4, 0.5) is 27.6 Å². The molecule has 0 spiro atoms. The molecule has 0 fully saturated rings. The lowest BCUT2D eigenvalue weighted by atomic mass is 9.99. The van der Waals surface area contributed by atoms with Crippen molar-refractivity contribution in [3.05, 3.63) is 75.7 Å². The van der Waals surface area contributed by atoms with Crippen LogP contribution in [-0.2, 0) is 13.2 Å². The van der Waals surface area contributed by atoms with Gasteiger partial charge in [0.1, 0.15) is 11.6 Å². The van der Waals surface area contributed by atoms with E-state index in [4.69, 9.17) is 0 Å². The molecule has 0 aliphatic rings. The lowest BCUT2D eigenvalue weighted by molar-refractivity contribution is -0.137. The normalized spacial score (nSPS) is 13.0. The Labute approximate surface area is 151 Å². The molecule has 0 radical (unpaired) electrons. The van der Waals surface area contributed by atoms with Gasteiger partial charge in [-0.25, -0.2) is 8.78 Å². The second-order valence-electron chi connectivity index (χ2n) is 6.24. The summed E-state index contributed by atoms with van der Waals surface area (Å²) in [4.78, 5) is 12.2. The zero-order valence-corrected chi connectivity index (χ0v) is 14.4. The first kappa shape index (κ1) is 18.9. The average Bonchev–Trinajstić information content (AvgIpc) is 2.58. The van der Waals surface area contributed by atoms with E-state index in [9.17, 15) is 26.7 Å². The van der Waals surface area contributed by atoms with Gasteiger partial charge in [0.05, 0.1) is 10.9 Å². The quantitative estimate of drug-likeness (QED) is 0.647. The molecule has 0 unspecified atom stereocenters. The molecule has 2 aromatic carbocycles. The number of aryl methyl sites for hydroxylation is 1. The maximum Gasteiger partial charge on any atom is 0.418 e. The Morgan fingerprint density at radius 2 is 1.70 bits per heavy atom. The number of anilines is 1. The van der Waals surface area contributed by atoms with E-state index in [2.05, 4.69) is 5.32 Å². The molecule has 0 amide bonds. The predicted molar refractivity (Wildman–Crippen MR) is 92.6 cm³/mol. The predicted octanol–water partition coefficient (Wildman–Crippen LogP) is 5.01. The Balaban J connectivity index is 2.10. The van der Waals surface area contributed by atoms with Gasteiger partial charge in [0.2, 0.25) is 0 Å². The Kier molecular flexibility index (Phi) is 4.67. The highest BCUT2D eigenvalue weighted by Gasteiger charge is 2.34. The number of alkyl halides is 3. The van der Waals surface area contributed by atoms with Gasteiger partial charge in [-0.2, -0.15) is 13.2 Å². The van der Waals surface area contributed by atoms with Gasteiger partial charge in [-0.15, -0.1) is 0 Å². The van der Waals surface area contributed by atoms with Gasteiger partial charge in [0.15, 0.2) is 0 Å². The minimum absolute atomic E-state index is 0.124. The molecule has 1 aromatic heterocycles. The van der Waals surface area contributed by atoms with Crippen LogP contribution in [0.2, 0.25) is 0 Å². The molecule has 27 heavy (non-hydrogen) atoms. The van der Waals surface area contributed by atoms with Crippen LogP contribution in [-0.4, -0.2) is 4.57 Å². The fourth-order valence-electron chi connectivity index (χ4n) is 2.99. The largest absolute Gasteiger partial charge is 0.418 e. The zero-order valence-electron chi connectivity index (χ0n) is 14.4. The van der Waals surface area contributed by atoms with Crippen LogP contribution < -0.4 is 10.9 Å². The second-order valence-corrected chi connectivity index (χ2v) is 6.24. The molecular weight excluding hydrogens is 367 g/mol. The van der Waals surface area contributed by atoms with Crippen molar-refractivity contribution in [1.29, 1.82) is 0 Å². The van der Waals surface area contributed by atoms with Crippen molar-refractivity contribution >= 4 is 16.5 Å². The van der Waals surface area contributed by atoms with Crippen LogP contribution in [0.3, 0.4) is 0 Å². The average molecular weight is 382 g/mol. The summed E-state index contributed by atoms with van der Waals surface area (Å²) in [5, 5.41) is 3.20. The fraction of sp³-hybridized carbons (Fsp3) is 0.211. The van der Waals surface area contributed by atoms with Gasteiger partial charge in [-0.3, -0.25) is 4.79 Å². The van der Waals surface area contributed by atoms with Crippen LogP contribution in [0.25, 0.3) is 10.8 Å². The van der Waals surface area contributed by atoms with E-state index in [1.165, 1.54) is 24.7 Å². The summed E-state index contributed by atoms with van der Waals surface area (Å²) in [7, 11) is 1.52. The van der Waals surface area contributed by atoms with Crippen LogP contribution in [0.1, 0.15) is 24.1 Å². The van der Waals surface area contributed by atoms with Crippen molar-refractivity contribution in [1.82, 2.24) is 4.57 Å². The summed E-state index contributed by atoms with van der Waals surface area (Å²) in [5.41, 5.74) is -1.60. The highest BCUT2D eigenvalue weighted by molar-refractivity contribution is 5.85. The molecular formula is C19H15F5N2O. The lowest BCUT2D eigenvalue weighted by Gasteiger charge is -2.21. The van der Waals surface area contributed by atoms with E-state index in [-0.39, 0.29) is 11.1 Å². The van der Waals surface area contributed by atoms with Crippen molar-refractivity contribution in [3.63, 3.8) is 0 Å². The third-order valence-corrected chi connectivity index (χ3v) is 4.32. The van der Waals surface area contributed by atoms with Gasteiger partial charge in [-0.1, -0.05) is 0 Å². The van der Waals surface area contributed by atoms with Gasteiger partial charge >= 0.3 is 6.18 Å². The second kappa shape index (κ2) is 6.68. The molecule has 0 aliphatic carbocycles. The number of hydrogen-bond acceptors (Lipinski definition) is 2. The van der Waals surface area contributed by atoms with Crippen molar-refractivity contribution in [2.75, 3.05) is 5.32 Å². The molecule has 3 nitrogen and oxygen atoms in total. The van der Waals surface area contributed by atoms with Crippen molar-refractivity contribution in [2.45, 2.75) is 19.1 Å². The van der Waals surface area contributed by atoms with E-state index < -0.39 is 35.0 Å². The molecule has 0 bridgehead atoms. The minimum Gasteiger partial charge on any atom is -0.378 e. The summed E-state index contributed by atoms with van der Waals surface area (Å²) in [6.07, 6.45) is -3.26. The van der Waals surface area contributed by atoms with Crippen LogP contribution in [0, 0.1) is 11.6 Å². The Morgan fingerprint density at radius 1 is 1.00 bits per heavy atom. The molecule has 1 heterocycles. The summed E-state index contributed by atoms with van der Waals surface area (Å²) in [5.74, 6) is -1.69. The van der Waals surface area contributed by atoms with Crippen LogP contribution in [0.5, 0.6) is 0 Å². The number of benzene rings is 2. The summed E-state index contributed by atoms with van der Waals surface area (Å²) < 4.78 is 68.1. The number of hydrogen-bond donors (Lipinski definition) is 1. The van der Waals surface area contributed by atoms with Crippen LogP contribution in [0.15, 0.2) is 47.4 Å². The first-order chi connectivity index (χ1) is 12.6. The Hall–Kier alpha value is -2.90. The number of pyridine rings is 1. The number of aromatic nitrogens is 1. The van der Waals surface area contributed by atoms with Gasteiger partial charge in [0, 0.05) is 25.0 Å². The minimum atomic E-state index is -4.76. The summed E-state index contributed by atoms with van der Waals surface area (Å²) >= 11 is 0. The topological polar surface area (TPSA) is 34.0 Å². The molecule has 0 saturated carbocycles. The summed E-state index contributed by atoms with van der Waals surface area (Å²) in [6.45, 7) is 1.54. The molecule has 8 heteroatoms. The molecule has 3 aromatic rings. The number of nitrogens with one attached hydrogen (secondary N) is 1. The first-order valence-corrected chi connectivity index (χ1v) is 8.00. The smallest absolute Gasteiger partial charge is 0.378 e. The molecule has 3 rings (SSSR count). The molecule has 1 atom stereocenters.